The van der Waals surface area contributed by atoms with Crippen LogP contribution in [0.3, 0.4) is 0 Å². The van der Waals surface area contributed by atoms with Gasteiger partial charge in [-0.2, -0.15) is 18.4 Å². The van der Waals surface area contributed by atoms with Crippen molar-refractivity contribution in [1.82, 2.24) is 25.5 Å². The molecule has 6 nitrogen and oxygen atoms in total. The van der Waals surface area contributed by atoms with Crippen molar-refractivity contribution in [2.45, 2.75) is 20.0 Å². The standard InChI is InChI=1S/C25H22F3N5O/c1-3-33(4-2)24(34)17-13-11-16(12-14-17)20-9-6-10-21(23-29-31-32-30-23)22(20)18-7-5-8-19(15-18)25(26,27)28/h5-15H,3-4H2,1-2H3,(H,29,30,31,32). The van der Waals surface area contributed by atoms with Crippen LogP contribution < -0.4 is 0 Å². The van der Waals surface area contributed by atoms with Crippen molar-refractivity contribution in [3.63, 3.8) is 0 Å². The molecular weight excluding hydrogens is 443 g/mol. The van der Waals surface area contributed by atoms with Gasteiger partial charge in [0.2, 0.25) is 5.82 Å². The van der Waals surface area contributed by atoms with Gasteiger partial charge >= 0.3 is 6.18 Å². The van der Waals surface area contributed by atoms with Gasteiger partial charge in [0.25, 0.3) is 5.91 Å². The van der Waals surface area contributed by atoms with E-state index >= 15 is 0 Å². The Morgan fingerprint density at radius 3 is 2.21 bits per heavy atom. The van der Waals surface area contributed by atoms with Crippen LogP contribution >= 0.6 is 0 Å². The molecule has 0 spiro atoms. The van der Waals surface area contributed by atoms with Crippen molar-refractivity contribution >= 4 is 5.91 Å². The number of aromatic nitrogens is 4. The molecular formula is C25H22F3N5O. The maximum atomic E-state index is 13.4. The van der Waals surface area contributed by atoms with Crippen molar-refractivity contribution in [3.05, 3.63) is 77.9 Å². The Kier molecular flexibility index (Phi) is 6.45. The molecule has 0 fully saturated rings. The third kappa shape index (κ3) is 4.54. The zero-order valence-electron chi connectivity index (χ0n) is 18.6. The van der Waals surface area contributed by atoms with Crippen molar-refractivity contribution < 1.29 is 18.0 Å². The van der Waals surface area contributed by atoms with Gasteiger partial charge in [0.05, 0.1) is 5.56 Å². The van der Waals surface area contributed by atoms with Crippen LogP contribution in [-0.2, 0) is 6.18 Å². The van der Waals surface area contributed by atoms with Crippen molar-refractivity contribution in [2.24, 2.45) is 0 Å². The number of hydrogen-bond acceptors (Lipinski definition) is 4. The lowest BCUT2D eigenvalue weighted by Crippen LogP contribution is -2.30. The molecule has 0 atom stereocenters. The first-order chi connectivity index (χ1) is 16.3. The SMILES string of the molecule is CCN(CC)C(=O)c1ccc(-c2cccc(-c3nn[nH]n3)c2-c2cccc(C(F)(F)F)c2)cc1. The van der Waals surface area contributed by atoms with Gasteiger partial charge in [-0.3, -0.25) is 4.79 Å². The van der Waals surface area contributed by atoms with Crippen LogP contribution in [0.5, 0.6) is 0 Å². The van der Waals surface area contributed by atoms with Crippen LogP contribution in [0.15, 0.2) is 66.7 Å². The lowest BCUT2D eigenvalue weighted by atomic mass is 9.89. The minimum absolute atomic E-state index is 0.0739. The lowest BCUT2D eigenvalue weighted by molar-refractivity contribution is -0.137. The summed E-state index contributed by atoms with van der Waals surface area (Å²) >= 11 is 0. The van der Waals surface area contributed by atoms with Crippen molar-refractivity contribution in [1.29, 1.82) is 0 Å². The zero-order valence-corrected chi connectivity index (χ0v) is 18.6. The molecule has 0 saturated heterocycles. The Bertz CT molecular complexity index is 1280. The molecule has 1 heterocycles. The fraction of sp³-hybridized carbons (Fsp3) is 0.200. The average molecular weight is 465 g/mol. The van der Waals surface area contributed by atoms with Gasteiger partial charge in [0.15, 0.2) is 0 Å². The number of rotatable bonds is 6. The monoisotopic (exact) mass is 465 g/mol. The minimum atomic E-state index is -4.48. The largest absolute Gasteiger partial charge is 0.416 e. The molecule has 3 aromatic carbocycles. The summed E-state index contributed by atoms with van der Waals surface area (Å²) < 4.78 is 40.3. The number of carbonyl (C=O) groups excluding carboxylic acids is 1. The van der Waals surface area contributed by atoms with E-state index in [1.54, 1.807) is 47.4 Å². The van der Waals surface area contributed by atoms with E-state index < -0.39 is 11.7 Å². The third-order valence-electron chi connectivity index (χ3n) is 5.62. The number of halogens is 3. The van der Waals surface area contributed by atoms with Crippen molar-refractivity contribution in [2.75, 3.05) is 13.1 Å². The van der Waals surface area contributed by atoms with E-state index in [2.05, 4.69) is 20.6 Å². The van der Waals surface area contributed by atoms with Gasteiger partial charge in [-0.05, 0) is 60.0 Å². The normalized spacial score (nSPS) is 11.4. The minimum Gasteiger partial charge on any atom is -0.339 e. The zero-order chi connectivity index (χ0) is 24.3. The van der Waals surface area contributed by atoms with E-state index in [0.29, 0.717) is 40.9 Å². The van der Waals surface area contributed by atoms with Gasteiger partial charge < -0.3 is 4.90 Å². The number of tetrazole rings is 1. The van der Waals surface area contributed by atoms with Gasteiger partial charge in [0, 0.05) is 29.8 Å². The Morgan fingerprint density at radius 1 is 0.912 bits per heavy atom. The summed E-state index contributed by atoms with van der Waals surface area (Å²) in [5.41, 5.74) is 2.67. The second kappa shape index (κ2) is 9.46. The first-order valence-corrected chi connectivity index (χ1v) is 10.8. The van der Waals surface area contributed by atoms with E-state index in [1.807, 2.05) is 19.9 Å². The number of H-pyrrole nitrogens is 1. The van der Waals surface area contributed by atoms with Gasteiger partial charge in [-0.1, -0.05) is 42.5 Å². The third-order valence-corrected chi connectivity index (χ3v) is 5.62. The number of amides is 1. The molecule has 4 aromatic rings. The number of carbonyl (C=O) groups is 1. The molecule has 0 bridgehead atoms. The highest BCUT2D eigenvalue weighted by Gasteiger charge is 2.31. The second-order valence-electron chi connectivity index (χ2n) is 7.60. The Hall–Kier alpha value is -4.01. The van der Waals surface area contributed by atoms with Crippen LogP contribution in [0, 0.1) is 0 Å². The van der Waals surface area contributed by atoms with Crippen LogP contribution in [0.25, 0.3) is 33.6 Å². The number of benzene rings is 3. The predicted molar refractivity (Wildman–Crippen MR) is 123 cm³/mol. The average Bonchev–Trinajstić information content (AvgIpc) is 3.39. The maximum absolute atomic E-state index is 13.4. The summed E-state index contributed by atoms with van der Waals surface area (Å²) in [5.74, 6) is 0.192. The van der Waals surface area contributed by atoms with Crippen LogP contribution in [0.1, 0.15) is 29.8 Å². The van der Waals surface area contributed by atoms with Crippen molar-refractivity contribution in [3.8, 4) is 33.6 Å². The van der Waals surface area contributed by atoms with Crippen LogP contribution in [0.2, 0.25) is 0 Å². The molecule has 174 valence electrons. The number of nitrogens with one attached hydrogen (secondary N) is 1. The number of hydrogen-bond donors (Lipinski definition) is 1. The second-order valence-corrected chi connectivity index (χ2v) is 7.60. The summed E-state index contributed by atoms with van der Waals surface area (Å²) in [6.45, 7) is 5.04. The summed E-state index contributed by atoms with van der Waals surface area (Å²) in [6.07, 6.45) is -4.48. The van der Waals surface area contributed by atoms with Gasteiger partial charge in [-0.15, -0.1) is 10.2 Å². The first kappa shape index (κ1) is 23.2. The maximum Gasteiger partial charge on any atom is 0.416 e. The molecule has 4 rings (SSSR count). The highest BCUT2D eigenvalue weighted by Crippen LogP contribution is 2.41. The first-order valence-electron chi connectivity index (χ1n) is 10.8. The predicted octanol–water partition coefficient (Wildman–Crippen LogP) is 5.70. The number of nitrogens with zero attached hydrogens (tertiary/aromatic N) is 4. The fourth-order valence-electron chi connectivity index (χ4n) is 3.90. The van der Waals surface area contributed by atoms with E-state index in [4.69, 9.17) is 0 Å². The molecule has 0 aliphatic rings. The molecule has 34 heavy (non-hydrogen) atoms. The molecule has 9 heteroatoms. The number of aromatic amines is 1. The number of alkyl halides is 3. The highest BCUT2D eigenvalue weighted by atomic mass is 19.4. The molecule has 1 aromatic heterocycles. The smallest absolute Gasteiger partial charge is 0.339 e. The quantitative estimate of drug-likeness (QED) is 0.396. The summed E-state index contributed by atoms with van der Waals surface area (Å²) in [7, 11) is 0. The van der Waals surface area contributed by atoms with Gasteiger partial charge in [0.1, 0.15) is 0 Å². The summed E-state index contributed by atoms with van der Waals surface area (Å²) in [5, 5.41) is 14.1. The lowest BCUT2D eigenvalue weighted by Gasteiger charge is -2.19. The molecule has 0 radical (unpaired) electrons. The topological polar surface area (TPSA) is 74.8 Å². The molecule has 0 aliphatic carbocycles. The van der Waals surface area contributed by atoms with Gasteiger partial charge in [-0.25, -0.2) is 0 Å². The Balaban J connectivity index is 1.87. The van der Waals surface area contributed by atoms with E-state index in [1.165, 1.54) is 6.07 Å². The molecule has 0 unspecified atom stereocenters. The van der Waals surface area contributed by atoms with Crippen LogP contribution in [0.4, 0.5) is 13.2 Å². The van der Waals surface area contributed by atoms with E-state index in [9.17, 15) is 18.0 Å². The summed E-state index contributed by atoms with van der Waals surface area (Å²) in [4.78, 5) is 14.4. The van der Waals surface area contributed by atoms with E-state index in [-0.39, 0.29) is 11.7 Å². The Labute approximate surface area is 194 Å². The molecule has 0 aliphatic heterocycles. The summed E-state index contributed by atoms with van der Waals surface area (Å²) in [6, 6.07) is 17.5. The molecule has 1 N–H and O–H groups in total. The van der Waals surface area contributed by atoms with Crippen LogP contribution in [-0.4, -0.2) is 44.5 Å². The highest BCUT2D eigenvalue weighted by molar-refractivity contribution is 5.96. The Morgan fingerprint density at radius 2 is 1.59 bits per heavy atom. The van der Waals surface area contributed by atoms with E-state index in [0.717, 1.165) is 17.7 Å². The molecule has 1 amide bonds. The fourth-order valence-corrected chi connectivity index (χ4v) is 3.90. The molecule has 0 saturated carbocycles.